The van der Waals surface area contributed by atoms with Crippen molar-refractivity contribution in [1.29, 1.82) is 0 Å². The van der Waals surface area contributed by atoms with Gasteiger partial charge >= 0.3 is 5.97 Å². The van der Waals surface area contributed by atoms with Gasteiger partial charge in [-0.15, -0.1) is 0 Å². The molecular formula is C14H26N2O3. The summed E-state index contributed by atoms with van der Waals surface area (Å²) in [7, 11) is 0. The van der Waals surface area contributed by atoms with Crippen LogP contribution in [0.4, 0.5) is 0 Å². The quantitative estimate of drug-likeness (QED) is 0.736. The summed E-state index contributed by atoms with van der Waals surface area (Å²) in [5.74, 6) is -0.253. The first-order valence-electron chi connectivity index (χ1n) is 7.26. The molecule has 0 aromatic carbocycles. The summed E-state index contributed by atoms with van der Waals surface area (Å²) in [4.78, 5) is 24.8. The van der Waals surface area contributed by atoms with Crippen LogP contribution in [0, 0.1) is 5.92 Å². The van der Waals surface area contributed by atoms with Gasteiger partial charge < -0.3 is 15.7 Å². The van der Waals surface area contributed by atoms with Crippen LogP contribution in [0.1, 0.15) is 51.9 Å². The predicted octanol–water partition coefficient (Wildman–Crippen LogP) is 1.61. The minimum absolute atomic E-state index is 0.116. The van der Waals surface area contributed by atoms with E-state index in [0.717, 1.165) is 32.2 Å². The number of nitrogens with zero attached hydrogens (tertiary/aromatic N) is 1. The molecule has 2 unspecified atom stereocenters. The first-order valence-corrected chi connectivity index (χ1v) is 7.26. The number of rotatable bonds is 7. The van der Waals surface area contributed by atoms with Gasteiger partial charge in [-0.25, -0.2) is 0 Å². The van der Waals surface area contributed by atoms with Crippen molar-refractivity contribution in [2.75, 3.05) is 13.1 Å². The van der Waals surface area contributed by atoms with E-state index in [4.69, 9.17) is 10.8 Å². The Labute approximate surface area is 115 Å². The highest BCUT2D eigenvalue weighted by molar-refractivity contribution is 5.76. The highest BCUT2D eigenvalue weighted by Crippen LogP contribution is 2.22. The van der Waals surface area contributed by atoms with Crippen molar-refractivity contribution in [2.24, 2.45) is 11.7 Å². The van der Waals surface area contributed by atoms with Crippen LogP contribution in [0.15, 0.2) is 0 Å². The van der Waals surface area contributed by atoms with Crippen LogP contribution >= 0.6 is 0 Å². The molecule has 5 heteroatoms. The average molecular weight is 270 g/mol. The third-order valence-electron chi connectivity index (χ3n) is 3.89. The zero-order valence-electron chi connectivity index (χ0n) is 11.8. The van der Waals surface area contributed by atoms with Crippen molar-refractivity contribution in [1.82, 2.24) is 4.90 Å². The molecule has 1 aliphatic rings. The number of nitrogens with two attached hydrogens (primary N) is 1. The Morgan fingerprint density at radius 1 is 1.37 bits per heavy atom. The maximum Gasteiger partial charge on any atom is 0.303 e. The van der Waals surface area contributed by atoms with Crippen molar-refractivity contribution in [3.8, 4) is 0 Å². The van der Waals surface area contributed by atoms with Crippen LogP contribution in [0.3, 0.4) is 0 Å². The predicted molar refractivity (Wildman–Crippen MR) is 73.7 cm³/mol. The number of likely N-dealkylation sites (tertiary alicyclic amines) is 1. The van der Waals surface area contributed by atoms with Gasteiger partial charge in [0.25, 0.3) is 0 Å². The normalized spacial score (nSPS) is 21.2. The molecule has 110 valence electrons. The molecule has 0 spiro atoms. The number of amides is 1. The number of aliphatic carboxylic acids is 1. The van der Waals surface area contributed by atoms with E-state index >= 15 is 0 Å². The second-order valence-electron chi connectivity index (χ2n) is 5.55. The first-order chi connectivity index (χ1) is 9.04. The molecule has 1 aliphatic heterocycles. The lowest BCUT2D eigenvalue weighted by Gasteiger charge is -2.36. The van der Waals surface area contributed by atoms with Gasteiger partial charge in [-0.3, -0.25) is 9.59 Å². The Morgan fingerprint density at radius 2 is 2.11 bits per heavy atom. The summed E-state index contributed by atoms with van der Waals surface area (Å²) in [5.41, 5.74) is 5.55. The third kappa shape index (κ3) is 5.59. The summed E-state index contributed by atoms with van der Waals surface area (Å²) in [5, 5.41) is 8.76. The van der Waals surface area contributed by atoms with Crippen LogP contribution in [-0.4, -0.2) is 41.0 Å². The molecule has 1 saturated heterocycles. The minimum Gasteiger partial charge on any atom is -0.481 e. The van der Waals surface area contributed by atoms with Gasteiger partial charge in [0, 0.05) is 25.4 Å². The molecule has 0 radical (unpaired) electrons. The number of hydrogen-bond acceptors (Lipinski definition) is 3. The van der Waals surface area contributed by atoms with Crippen LogP contribution in [0.2, 0.25) is 0 Å². The standard InChI is InChI=1S/C14H26N2O3/c1-11(10-15)5-7-13(17)16-9-3-2-4-12(16)6-8-14(18)19/h11-12H,2-10,15H2,1H3,(H,18,19). The van der Waals surface area contributed by atoms with Crippen LogP contribution in [-0.2, 0) is 9.59 Å². The Kier molecular flexibility index (Phi) is 6.84. The fourth-order valence-corrected chi connectivity index (χ4v) is 2.55. The Morgan fingerprint density at radius 3 is 2.74 bits per heavy atom. The van der Waals surface area contributed by atoms with E-state index in [1.807, 2.05) is 11.8 Å². The lowest BCUT2D eigenvalue weighted by molar-refractivity contribution is -0.140. The molecule has 0 saturated carbocycles. The van der Waals surface area contributed by atoms with Gasteiger partial charge in [0.1, 0.15) is 0 Å². The van der Waals surface area contributed by atoms with E-state index < -0.39 is 5.97 Å². The van der Waals surface area contributed by atoms with Crippen molar-refractivity contribution in [2.45, 2.75) is 57.9 Å². The molecule has 3 N–H and O–H groups in total. The molecule has 0 aromatic heterocycles. The van der Waals surface area contributed by atoms with Crippen molar-refractivity contribution in [3.63, 3.8) is 0 Å². The lowest BCUT2D eigenvalue weighted by atomic mass is 9.96. The summed E-state index contributed by atoms with van der Waals surface area (Å²) in [6.07, 6.45) is 5.13. The van der Waals surface area contributed by atoms with Crippen molar-refractivity contribution in [3.05, 3.63) is 0 Å². The van der Waals surface area contributed by atoms with Crippen LogP contribution in [0.5, 0.6) is 0 Å². The van der Waals surface area contributed by atoms with E-state index in [9.17, 15) is 9.59 Å². The Hall–Kier alpha value is -1.10. The van der Waals surface area contributed by atoms with E-state index in [0.29, 0.717) is 25.3 Å². The molecule has 1 rings (SSSR count). The van der Waals surface area contributed by atoms with E-state index in [-0.39, 0.29) is 18.4 Å². The molecule has 2 atom stereocenters. The number of carboxylic acid groups (broad SMARTS) is 1. The SMILES string of the molecule is CC(CN)CCC(=O)N1CCCCC1CCC(=O)O. The van der Waals surface area contributed by atoms with Gasteiger partial charge in [-0.2, -0.15) is 0 Å². The largest absolute Gasteiger partial charge is 0.481 e. The fraction of sp³-hybridized carbons (Fsp3) is 0.857. The summed E-state index contributed by atoms with van der Waals surface area (Å²) in [6.45, 7) is 3.43. The zero-order valence-corrected chi connectivity index (χ0v) is 11.8. The molecule has 19 heavy (non-hydrogen) atoms. The topological polar surface area (TPSA) is 83.6 Å². The highest BCUT2D eigenvalue weighted by atomic mass is 16.4. The summed E-state index contributed by atoms with van der Waals surface area (Å²) < 4.78 is 0. The smallest absolute Gasteiger partial charge is 0.303 e. The number of carbonyl (C=O) groups is 2. The summed E-state index contributed by atoms with van der Waals surface area (Å²) in [6, 6.07) is 0.116. The van der Waals surface area contributed by atoms with Crippen LogP contribution < -0.4 is 5.73 Å². The summed E-state index contributed by atoms with van der Waals surface area (Å²) >= 11 is 0. The van der Waals surface area contributed by atoms with Crippen LogP contribution in [0.25, 0.3) is 0 Å². The number of hydrogen-bond donors (Lipinski definition) is 2. The minimum atomic E-state index is -0.783. The molecule has 1 heterocycles. The van der Waals surface area contributed by atoms with Crippen molar-refractivity contribution >= 4 is 11.9 Å². The molecule has 0 aromatic rings. The number of carboxylic acids is 1. The first kappa shape index (κ1) is 16.0. The second-order valence-corrected chi connectivity index (χ2v) is 5.55. The maximum absolute atomic E-state index is 12.2. The molecule has 1 amide bonds. The molecule has 0 bridgehead atoms. The second kappa shape index (κ2) is 8.15. The molecular weight excluding hydrogens is 244 g/mol. The number of carbonyl (C=O) groups excluding carboxylic acids is 1. The van der Waals surface area contributed by atoms with Gasteiger partial charge in [0.05, 0.1) is 0 Å². The Balaban J connectivity index is 2.46. The fourth-order valence-electron chi connectivity index (χ4n) is 2.55. The zero-order chi connectivity index (χ0) is 14.3. The Bertz CT molecular complexity index is 307. The van der Waals surface area contributed by atoms with Gasteiger partial charge in [0.2, 0.25) is 5.91 Å². The van der Waals surface area contributed by atoms with E-state index in [1.54, 1.807) is 0 Å². The van der Waals surface area contributed by atoms with Gasteiger partial charge in [0.15, 0.2) is 0 Å². The molecule has 5 nitrogen and oxygen atoms in total. The molecule has 0 aliphatic carbocycles. The van der Waals surface area contributed by atoms with E-state index in [1.165, 1.54) is 0 Å². The van der Waals surface area contributed by atoms with Gasteiger partial charge in [-0.05, 0) is 44.6 Å². The van der Waals surface area contributed by atoms with E-state index in [2.05, 4.69) is 0 Å². The maximum atomic E-state index is 12.2. The highest BCUT2D eigenvalue weighted by Gasteiger charge is 2.26. The van der Waals surface area contributed by atoms with Crippen molar-refractivity contribution < 1.29 is 14.7 Å². The molecule has 1 fully saturated rings. The average Bonchev–Trinajstić information content (AvgIpc) is 2.42. The van der Waals surface area contributed by atoms with Gasteiger partial charge in [-0.1, -0.05) is 6.92 Å². The lowest BCUT2D eigenvalue weighted by Crippen LogP contribution is -2.44. The third-order valence-corrected chi connectivity index (χ3v) is 3.89. The monoisotopic (exact) mass is 270 g/mol. The number of piperidine rings is 1.